The van der Waals surface area contributed by atoms with Gasteiger partial charge in [-0.15, -0.1) is 11.3 Å². The third-order valence-corrected chi connectivity index (χ3v) is 8.87. The Hall–Kier alpha value is -3.77. The molecule has 0 spiro atoms. The van der Waals surface area contributed by atoms with Crippen molar-refractivity contribution in [2.75, 3.05) is 0 Å². The molecule has 6 aromatic rings. The number of rotatable bonds is 6. The summed E-state index contributed by atoms with van der Waals surface area (Å²) in [7, 11) is 0. The molecule has 2 heterocycles. The van der Waals surface area contributed by atoms with Gasteiger partial charge < -0.3 is 9.73 Å². The molecule has 0 aliphatic heterocycles. The zero-order valence-corrected chi connectivity index (χ0v) is 21.2. The number of hydrogen-bond acceptors (Lipinski definition) is 5. The second kappa shape index (κ2) is 8.96. The molecule has 5 nitrogen and oxygen atoms in total. The van der Waals surface area contributed by atoms with E-state index in [4.69, 9.17) is 4.42 Å². The van der Waals surface area contributed by atoms with Crippen molar-refractivity contribution < 1.29 is 9.21 Å². The Balaban J connectivity index is 1.04. The van der Waals surface area contributed by atoms with Crippen LogP contribution in [0.3, 0.4) is 0 Å². The lowest BCUT2D eigenvalue weighted by Gasteiger charge is -2.14. The van der Waals surface area contributed by atoms with Crippen LogP contribution in [0.2, 0.25) is 0 Å². The van der Waals surface area contributed by atoms with Gasteiger partial charge in [0.25, 0.3) is 0 Å². The third kappa shape index (κ3) is 3.87. The maximum Gasteiger partial charge on any atom is 0.348 e. The predicted molar refractivity (Wildman–Crippen MR) is 150 cm³/mol. The average Bonchev–Trinajstić information content (AvgIpc) is 3.30. The molecule has 1 aliphatic rings. The van der Waals surface area contributed by atoms with Crippen LogP contribution in [0.1, 0.15) is 47.6 Å². The van der Waals surface area contributed by atoms with Crippen LogP contribution in [0.15, 0.2) is 63.8 Å². The zero-order valence-electron chi connectivity index (χ0n) is 20.4. The highest BCUT2D eigenvalue weighted by Crippen LogP contribution is 2.36. The van der Waals surface area contributed by atoms with E-state index in [0.717, 1.165) is 35.2 Å². The van der Waals surface area contributed by atoms with Gasteiger partial charge in [-0.25, -0.2) is 9.78 Å². The highest BCUT2D eigenvalue weighted by molar-refractivity contribution is 7.18. The number of nitrogens with one attached hydrogen (secondary N) is 1. The van der Waals surface area contributed by atoms with Crippen LogP contribution in [0.4, 0.5) is 0 Å². The van der Waals surface area contributed by atoms with Crippen LogP contribution in [-0.4, -0.2) is 10.9 Å². The monoisotopic (exact) mass is 506 g/mol. The number of fused-ring (bicyclic) bond motifs is 3. The first kappa shape index (κ1) is 22.4. The molecule has 37 heavy (non-hydrogen) atoms. The SMILES string of the molecule is O=C(CCCc1nc2sc3c(c2c(=O)o1)CCCC3)NCc1ccc2ccc3cccc4ccc1c2c34. The minimum Gasteiger partial charge on any atom is -0.408 e. The molecule has 1 amide bonds. The smallest absolute Gasteiger partial charge is 0.348 e. The number of carbonyl (C=O) groups is 1. The van der Waals surface area contributed by atoms with Gasteiger partial charge in [-0.1, -0.05) is 54.6 Å². The van der Waals surface area contributed by atoms with E-state index in [1.807, 2.05) is 0 Å². The minimum absolute atomic E-state index is 0.0132. The van der Waals surface area contributed by atoms with Crippen LogP contribution in [-0.2, 0) is 30.6 Å². The molecule has 184 valence electrons. The van der Waals surface area contributed by atoms with Gasteiger partial charge in [-0.05, 0) is 75.5 Å². The van der Waals surface area contributed by atoms with Crippen LogP contribution < -0.4 is 10.9 Å². The van der Waals surface area contributed by atoms with E-state index in [9.17, 15) is 9.59 Å². The number of nitrogens with zero attached hydrogens (tertiary/aromatic N) is 1. The Morgan fingerprint density at radius 1 is 0.919 bits per heavy atom. The number of hydrogen-bond donors (Lipinski definition) is 1. The fourth-order valence-corrected chi connectivity index (χ4v) is 7.14. The number of aromatic nitrogens is 1. The lowest BCUT2D eigenvalue weighted by Crippen LogP contribution is -2.22. The molecule has 0 fully saturated rings. The Morgan fingerprint density at radius 2 is 1.68 bits per heavy atom. The zero-order chi connectivity index (χ0) is 24.9. The quantitative estimate of drug-likeness (QED) is 0.256. The van der Waals surface area contributed by atoms with E-state index in [2.05, 4.69) is 64.9 Å². The summed E-state index contributed by atoms with van der Waals surface area (Å²) in [6.45, 7) is 0.479. The van der Waals surface area contributed by atoms with Gasteiger partial charge in [0, 0.05) is 24.3 Å². The first-order valence-electron chi connectivity index (χ1n) is 13.0. The van der Waals surface area contributed by atoms with Crippen LogP contribution in [0, 0.1) is 0 Å². The van der Waals surface area contributed by atoms with Crippen molar-refractivity contribution in [1.82, 2.24) is 10.3 Å². The topological polar surface area (TPSA) is 72.2 Å². The second-order valence-electron chi connectivity index (χ2n) is 10.00. The van der Waals surface area contributed by atoms with Crippen molar-refractivity contribution in [2.24, 2.45) is 0 Å². The summed E-state index contributed by atoms with van der Waals surface area (Å²) in [6.07, 6.45) is 5.66. The number of aryl methyl sites for hydroxylation is 3. The van der Waals surface area contributed by atoms with Gasteiger partial charge in [0.1, 0.15) is 10.2 Å². The number of benzene rings is 4. The van der Waals surface area contributed by atoms with Crippen LogP contribution in [0.25, 0.3) is 42.5 Å². The molecule has 0 saturated carbocycles. The summed E-state index contributed by atoms with van der Waals surface area (Å²) >= 11 is 1.63. The summed E-state index contributed by atoms with van der Waals surface area (Å²) in [5.41, 5.74) is 1.97. The molecule has 0 unspecified atom stereocenters. The van der Waals surface area contributed by atoms with E-state index in [1.165, 1.54) is 43.6 Å². The van der Waals surface area contributed by atoms with Crippen molar-refractivity contribution in [3.05, 3.63) is 86.9 Å². The highest BCUT2D eigenvalue weighted by atomic mass is 32.1. The van der Waals surface area contributed by atoms with Crippen LogP contribution in [0.5, 0.6) is 0 Å². The largest absolute Gasteiger partial charge is 0.408 e. The average molecular weight is 507 g/mol. The summed E-state index contributed by atoms with van der Waals surface area (Å²) in [4.78, 5) is 32.0. The van der Waals surface area contributed by atoms with Gasteiger partial charge in [0.05, 0.1) is 0 Å². The summed E-state index contributed by atoms with van der Waals surface area (Å²) in [5, 5.41) is 11.2. The maximum absolute atomic E-state index is 12.7. The van der Waals surface area contributed by atoms with Gasteiger partial charge in [-0.3, -0.25) is 4.79 Å². The molecule has 7 rings (SSSR count). The first-order valence-corrected chi connectivity index (χ1v) is 13.8. The van der Waals surface area contributed by atoms with E-state index >= 15 is 0 Å². The van der Waals surface area contributed by atoms with Crippen LogP contribution >= 0.6 is 11.3 Å². The molecule has 2 aromatic heterocycles. The minimum atomic E-state index is -0.280. The van der Waals surface area contributed by atoms with Crippen molar-refractivity contribution >= 4 is 59.8 Å². The van der Waals surface area contributed by atoms with Gasteiger partial charge in [0.2, 0.25) is 5.91 Å². The Morgan fingerprint density at radius 3 is 2.54 bits per heavy atom. The number of thiophene rings is 1. The fourth-order valence-electron chi connectivity index (χ4n) is 5.87. The Kier molecular flexibility index (Phi) is 5.43. The first-order chi connectivity index (χ1) is 18.2. The lowest BCUT2D eigenvalue weighted by atomic mass is 9.92. The van der Waals surface area contributed by atoms with Gasteiger partial charge >= 0.3 is 5.63 Å². The van der Waals surface area contributed by atoms with E-state index < -0.39 is 0 Å². The van der Waals surface area contributed by atoms with E-state index in [-0.39, 0.29) is 11.5 Å². The van der Waals surface area contributed by atoms with Crippen molar-refractivity contribution in [2.45, 2.75) is 51.5 Å². The molecule has 0 bridgehead atoms. The molecule has 0 atom stereocenters. The van der Waals surface area contributed by atoms with Crippen molar-refractivity contribution in [3.8, 4) is 0 Å². The molecular formula is C31H26N2O3S. The molecule has 6 heteroatoms. The third-order valence-electron chi connectivity index (χ3n) is 7.68. The normalized spacial score (nSPS) is 13.6. The molecule has 0 radical (unpaired) electrons. The fraction of sp³-hybridized carbons (Fsp3) is 0.258. The molecule has 0 saturated heterocycles. The molecule has 1 N–H and O–H groups in total. The molecular weight excluding hydrogens is 480 g/mol. The number of amides is 1. The maximum atomic E-state index is 12.7. The van der Waals surface area contributed by atoms with Crippen molar-refractivity contribution in [3.63, 3.8) is 0 Å². The Labute approximate surface area is 217 Å². The van der Waals surface area contributed by atoms with Gasteiger partial charge in [-0.2, -0.15) is 0 Å². The second-order valence-corrected chi connectivity index (χ2v) is 11.1. The highest BCUT2D eigenvalue weighted by Gasteiger charge is 2.21. The lowest BCUT2D eigenvalue weighted by molar-refractivity contribution is -0.121. The van der Waals surface area contributed by atoms with Crippen molar-refractivity contribution in [1.29, 1.82) is 0 Å². The van der Waals surface area contributed by atoms with E-state index in [1.54, 1.807) is 11.3 Å². The Bertz CT molecular complexity index is 1850. The standard InChI is InChI=1S/C31H26N2O3S/c34-25(9-4-10-26-33-30-29(31(35)36-26)23-7-1-2-8-24(23)37-30)32-17-21-14-13-20-12-11-18-5-3-6-19-15-16-22(21)28(20)27(18)19/h3,5-6,11-16H,1-2,4,7-10,17H2,(H,32,34). The summed E-state index contributed by atoms with van der Waals surface area (Å²) in [5.74, 6) is 0.413. The number of carbonyl (C=O) groups excluding carboxylic acids is 1. The molecule has 4 aromatic carbocycles. The van der Waals surface area contributed by atoms with E-state index in [0.29, 0.717) is 37.1 Å². The molecule has 1 aliphatic carbocycles. The summed E-state index contributed by atoms with van der Waals surface area (Å²) < 4.78 is 5.54. The predicted octanol–water partition coefficient (Wildman–Crippen LogP) is 6.66. The summed E-state index contributed by atoms with van der Waals surface area (Å²) in [6, 6.07) is 19.3. The van der Waals surface area contributed by atoms with Gasteiger partial charge in [0.15, 0.2) is 5.89 Å².